The van der Waals surface area contributed by atoms with Crippen LogP contribution in [0.1, 0.15) is 30.1 Å². The van der Waals surface area contributed by atoms with E-state index >= 15 is 0 Å². The molecule has 9 nitrogen and oxygen atoms in total. The summed E-state index contributed by atoms with van der Waals surface area (Å²) in [7, 11) is -3.72. The number of carbonyl (C=O) groups is 1. The number of hydrogen-bond acceptors (Lipinski definition) is 6. The van der Waals surface area contributed by atoms with Crippen molar-refractivity contribution in [3.8, 4) is 11.5 Å². The average Bonchev–Trinajstić information content (AvgIpc) is 2.86. The number of hydrogen-bond donors (Lipinski definition) is 2. The molecule has 0 aliphatic carbocycles. The highest BCUT2D eigenvalue weighted by Gasteiger charge is 2.29. The Morgan fingerprint density at radius 1 is 1.17 bits per heavy atom. The number of pyridine rings is 1. The molecule has 0 saturated carbocycles. The highest BCUT2D eigenvalue weighted by molar-refractivity contribution is 7.89. The van der Waals surface area contributed by atoms with E-state index in [0.717, 1.165) is 12.8 Å². The zero-order chi connectivity index (χ0) is 24.6. The van der Waals surface area contributed by atoms with Crippen molar-refractivity contribution in [2.45, 2.75) is 30.8 Å². The fourth-order valence-electron chi connectivity index (χ4n) is 4.56. The van der Waals surface area contributed by atoms with Gasteiger partial charge in [-0.3, -0.25) is 9.59 Å². The van der Waals surface area contributed by atoms with Crippen LogP contribution in [0, 0.1) is 5.92 Å². The second-order valence-corrected chi connectivity index (χ2v) is 11.0. The molecule has 0 spiro atoms. The van der Waals surface area contributed by atoms with Crippen molar-refractivity contribution in [1.29, 1.82) is 0 Å². The number of carbonyl (C=O) groups excluding carboxylic acids is 1. The lowest BCUT2D eigenvalue weighted by Crippen LogP contribution is -2.41. The van der Waals surface area contributed by atoms with Crippen LogP contribution in [0.3, 0.4) is 0 Å². The van der Waals surface area contributed by atoms with Gasteiger partial charge in [-0.15, -0.1) is 0 Å². The minimum Gasteiger partial charge on any atom is -0.486 e. The number of piperidine rings is 1. The van der Waals surface area contributed by atoms with Gasteiger partial charge in [0.1, 0.15) is 12.7 Å². The first kappa shape index (κ1) is 23.4. The van der Waals surface area contributed by atoms with E-state index in [1.54, 1.807) is 6.07 Å². The van der Waals surface area contributed by atoms with E-state index < -0.39 is 27.6 Å². The number of H-pyrrole nitrogens is 1. The summed E-state index contributed by atoms with van der Waals surface area (Å²) in [5.74, 6) is 1.04. The molecule has 1 saturated heterocycles. The standard InChI is InChI=1S/C25H27N3O6S/c1-16-5-4-10-28(14-16)35(31,32)18-8-9-21-19(11-18)20(12-24(29)27-21)25(30)26-13-17-15-33-22-6-2-3-7-23(22)34-17/h2-3,6-9,11-12,16-17H,4-5,10,13-15H2,1H3,(H,26,30)(H,27,29)/t16-,17+/m0/s1. The summed E-state index contributed by atoms with van der Waals surface area (Å²) in [6.07, 6.45) is 1.40. The Labute approximate surface area is 203 Å². The topological polar surface area (TPSA) is 118 Å². The smallest absolute Gasteiger partial charge is 0.252 e. The van der Waals surface area contributed by atoms with Gasteiger partial charge in [-0.25, -0.2) is 8.42 Å². The predicted octanol–water partition coefficient (Wildman–Crippen LogP) is 2.52. The molecule has 1 aromatic heterocycles. The summed E-state index contributed by atoms with van der Waals surface area (Å²) in [5, 5.41) is 3.15. The molecule has 10 heteroatoms. The maximum atomic E-state index is 13.3. The number of para-hydroxylation sites is 2. The van der Waals surface area contributed by atoms with E-state index in [0.29, 0.717) is 35.5 Å². The molecule has 35 heavy (non-hydrogen) atoms. The van der Waals surface area contributed by atoms with Crippen molar-refractivity contribution >= 4 is 26.8 Å². The molecule has 3 heterocycles. The molecule has 0 radical (unpaired) electrons. The van der Waals surface area contributed by atoms with Crippen LogP contribution in [0.2, 0.25) is 0 Å². The first-order chi connectivity index (χ1) is 16.8. The molecule has 1 amide bonds. The number of aromatic nitrogens is 1. The highest BCUT2D eigenvalue weighted by Crippen LogP contribution is 2.31. The Balaban J connectivity index is 1.39. The molecular formula is C25H27N3O6S. The number of rotatable bonds is 5. The number of aromatic amines is 1. The zero-order valence-electron chi connectivity index (χ0n) is 19.3. The largest absolute Gasteiger partial charge is 0.486 e. The first-order valence-corrected chi connectivity index (χ1v) is 13.1. The third-order valence-electron chi connectivity index (χ3n) is 6.37. The summed E-state index contributed by atoms with van der Waals surface area (Å²) in [6.45, 7) is 3.40. The SMILES string of the molecule is C[C@H]1CCCN(S(=O)(=O)c2ccc3[nH]c(=O)cc(C(=O)NC[C@@H]4COc5ccccc5O4)c3c2)C1. The van der Waals surface area contributed by atoms with Crippen LogP contribution in [-0.2, 0) is 10.0 Å². The molecule has 1 fully saturated rings. The fraction of sp³-hybridized carbons (Fsp3) is 0.360. The third-order valence-corrected chi connectivity index (χ3v) is 8.24. The average molecular weight is 498 g/mol. The van der Waals surface area contributed by atoms with Gasteiger partial charge < -0.3 is 19.8 Å². The lowest BCUT2D eigenvalue weighted by atomic mass is 10.0. The molecule has 0 bridgehead atoms. The van der Waals surface area contributed by atoms with Crippen molar-refractivity contribution in [3.63, 3.8) is 0 Å². The number of benzene rings is 2. The van der Waals surface area contributed by atoms with E-state index in [-0.39, 0.29) is 29.5 Å². The Morgan fingerprint density at radius 2 is 1.97 bits per heavy atom. The summed E-state index contributed by atoms with van der Waals surface area (Å²) in [6, 6.07) is 12.9. The van der Waals surface area contributed by atoms with E-state index in [1.165, 1.54) is 28.6 Å². The van der Waals surface area contributed by atoms with E-state index in [9.17, 15) is 18.0 Å². The van der Waals surface area contributed by atoms with Crippen LogP contribution >= 0.6 is 0 Å². The van der Waals surface area contributed by atoms with Crippen LogP contribution in [0.5, 0.6) is 11.5 Å². The summed E-state index contributed by atoms with van der Waals surface area (Å²) >= 11 is 0. The quantitative estimate of drug-likeness (QED) is 0.559. The van der Waals surface area contributed by atoms with Gasteiger partial charge in [0.2, 0.25) is 15.6 Å². The van der Waals surface area contributed by atoms with E-state index in [1.807, 2.05) is 25.1 Å². The number of nitrogens with zero attached hydrogens (tertiary/aromatic N) is 1. The third kappa shape index (κ3) is 4.76. The molecule has 184 valence electrons. The minimum absolute atomic E-state index is 0.0980. The highest BCUT2D eigenvalue weighted by atomic mass is 32.2. The van der Waals surface area contributed by atoms with Crippen LogP contribution < -0.4 is 20.3 Å². The van der Waals surface area contributed by atoms with Crippen molar-refractivity contribution in [1.82, 2.24) is 14.6 Å². The van der Waals surface area contributed by atoms with Crippen molar-refractivity contribution in [2.75, 3.05) is 26.2 Å². The Morgan fingerprint density at radius 3 is 2.77 bits per heavy atom. The first-order valence-electron chi connectivity index (χ1n) is 11.6. The normalized spacial score (nSPS) is 20.5. The molecule has 2 atom stereocenters. The van der Waals surface area contributed by atoms with Crippen molar-refractivity contribution in [3.05, 3.63) is 64.4 Å². The lowest BCUT2D eigenvalue weighted by Gasteiger charge is -2.30. The Kier molecular flexibility index (Phi) is 6.24. The molecule has 5 rings (SSSR count). The molecule has 2 aliphatic rings. The molecule has 2 N–H and O–H groups in total. The number of amides is 1. The molecule has 2 aromatic carbocycles. The second kappa shape index (κ2) is 9.35. The van der Waals surface area contributed by atoms with Crippen LogP contribution in [0.15, 0.2) is 58.2 Å². The molecule has 2 aliphatic heterocycles. The zero-order valence-corrected chi connectivity index (χ0v) is 20.1. The minimum atomic E-state index is -3.72. The van der Waals surface area contributed by atoms with Gasteiger partial charge in [0.25, 0.3) is 5.91 Å². The van der Waals surface area contributed by atoms with Gasteiger partial charge in [0.05, 0.1) is 17.0 Å². The monoisotopic (exact) mass is 497 g/mol. The summed E-state index contributed by atoms with van der Waals surface area (Å²) in [5.41, 5.74) is 0.0408. The number of ether oxygens (including phenoxy) is 2. The lowest BCUT2D eigenvalue weighted by molar-refractivity contribution is 0.0790. The molecule has 3 aromatic rings. The van der Waals surface area contributed by atoms with Crippen molar-refractivity contribution in [2.24, 2.45) is 5.92 Å². The van der Waals surface area contributed by atoms with E-state index in [4.69, 9.17) is 9.47 Å². The van der Waals surface area contributed by atoms with Gasteiger partial charge in [0.15, 0.2) is 11.5 Å². The number of sulfonamides is 1. The summed E-state index contributed by atoms with van der Waals surface area (Å²) < 4.78 is 39.6. The van der Waals surface area contributed by atoms with Gasteiger partial charge in [-0.1, -0.05) is 19.1 Å². The van der Waals surface area contributed by atoms with Crippen LogP contribution in [-0.4, -0.2) is 56.0 Å². The second-order valence-electron chi connectivity index (χ2n) is 9.07. The van der Waals surface area contributed by atoms with Crippen molar-refractivity contribution < 1.29 is 22.7 Å². The van der Waals surface area contributed by atoms with Gasteiger partial charge in [-0.05, 0) is 49.1 Å². The van der Waals surface area contributed by atoms with Crippen LogP contribution in [0.25, 0.3) is 10.9 Å². The maximum Gasteiger partial charge on any atom is 0.252 e. The van der Waals surface area contributed by atoms with Gasteiger partial charge in [-0.2, -0.15) is 4.31 Å². The predicted molar refractivity (Wildman–Crippen MR) is 130 cm³/mol. The summed E-state index contributed by atoms with van der Waals surface area (Å²) in [4.78, 5) is 28.1. The number of nitrogens with one attached hydrogen (secondary N) is 2. The Bertz CT molecular complexity index is 1430. The van der Waals surface area contributed by atoms with E-state index in [2.05, 4.69) is 10.3 Å². The molecule has 0 unspecified atom stereocenters. The number of fused-ring (bicyclic) bond motifs is 2. The fourth-order valence-corrected chi connectivity index (χ4v) is 6.19. The van der Waals surface area contributed by atoms with Crippen LogP contribution in [0.4, 0.5) is 0 Å². The Hall–Kier alpha value is -3.37. The van der Waals surface area contributed by atoms with Gasteiger partial charge >= 0.3 is 0 Å². The maximum absolute atomic E-state index is 13.3. The molecular weight excluding hydrogens is 470 g/mol. The van der Waals surface area contributed by atoms with Gasteiger partial charge in [0, 0.05) is 30.1 Å².